The molecule has 1 N–H and O–H groups in total. The fraction of sp³-hybridized carbons (Fsp3) is 0.550. The van der Waals surface area contributed by atoms with E-state index >= 15 is 0 Å². The molecule has 1 amide bonds. The molecule has 4 rings (SSSR count). The van der Waals surface area contributed by atoms with Crippen LogP contribution in [0.3, 0.4) is 0 Å². The molecule has 1 saturated heterocycles. The Balaban J connectivity index is 1.46. The summed E-state index contributed by atoms with van der Waals surface area (Å²) < 4.78 is 0. The molecule has 2 aliphatic rings. The molecule has 1 aromatic carbocycles. The normalized spacial score (nSPS) is 22.9. The summed E-state index contributed by atoms with van der Waals surface area (Å²) >= 11 is 1.45. The number of nitrogens with one attached hydrogen (secondary N) is 1. The Morgan fingerprint density at radius 3 is 2.88 bits per heavy atom. The molecule has 1 aromatic heterocycles. The largest absolute Gasteiger partial charge is 0.372 e. The maximum atomic E-state index is 12.9. The zero-order valence-corrected chi connectivity index (χ0v) is 16.1. The van der Waals surface area contributed by atoms with Gasteiger partial charge in [-0.25, -0.2) is 9.97 Å². The molecule has 2 heterocycles. The third-order valence-electron chi connectivity index (χ3n) is 5.71. The number of piperidine rings is 1. The first kappa shape index (κ1) is 17.6. The standard InChI is InChI=1S/C20H26N4OS/c1-21-19-15-9-3-4-10-16(15)22-20(23-19)26-13-18(25)24-12-6-8-14-7-2-5-11-17(14)24/h3-4,9-10,14,17H,2,5-8,11-13H2,1H3,(H,21,22,23)/t14-,17-/m1/s1. The zero-order valence-electron chi connectivity index (χ0n) is 15.3. The average molecular weight is 371 g/mol. The number of thioether (sulfide) groups is 1. The molecular weight excluding hydrogens is 344 g/mol. The quantitative estimate of drug-likeness (QED) is 0.652. The molecular formula is C20H26N4OS. The van der Waals surface area contributed by atoms with E-state index in [1.165, 1.54) is 43.9 Å². The van der Waals surface area contributed by atoms with E-state index in [4.69, 9.17) is 0 Å². The Kier molecular flexibility index (Phi) is 5.29. The maximum Gasteiger partial charge on any atom is 0.233 e. The first-order chi connectivity index (χ1) is 12.8. The summed E-state index contributed by atoms with van der Waals surface area (Å²) in [5, 5.41) is 4.81. The summed E-state index contributed by atoms with van der Waals surface area (Å²) in [4.78, 5) is 24.2. The van der Waals surface area contributed by atoms with Gasteiger partial charge in [-0.2, -0.15) is 0 Å². The van der Waals surface area contributed by atoms with Crippen LogP contribution in [0, 0.1) is 5.92 Å². The second-order valence-corrected chi connectivity index (χ2v) is 8.19. The number of likely N-dealkylation sites (tertiary alicyclic amines) is 1. The number of nitrogens with zero attached hydrogens (tertiary/aromatic N) is 3. The van der Waals surface area contributed by atoms with E-state index in [0.29, 0.717) is 17.0 Å². The van der Waals surface area contributed by atoms with Gasteiger partial charge in [-0.3, -0.25) is 4.79 Å². The van der Waals surface area contributed by atoms with Crippen molar-refractivity contribution in [3.8, 4) is 0 Å². The van der Waals surface area contributed by atoms with Gasteiger partial charge in [0.25, 0.3) is 0 Å². The zero-order chi connectivity index (χ0) is 17.9. The fourth-order valence-electron chi connectivity index (χ4n) is 4.45. The summed E-state index contributed by atoms with van der Waals surface area (Å²) in [6, 6.07) is 8.43. The van der Waals surface area contributed by atoms with Crippen LogP contribution in [-0.2, 0) is 4.79 Å². The molecule has 1 saturated carbocycles. The van der Waals surface area contributed by atoms with Crippen molar-refractivity contribution in [1.29, 1.82) is 0 Å². The van der Waals surface area contributed by atoms with Crippen molar-refractivity contribution < 1.29 is 4.79 Å². The lowest BCUT2D eigenvalue weighted by Gasteiger charge is -2.44. The third-order valence-corrected chi connectivity index (χ3v) is 6.54. The monoisotopic (exact) mass is 370 g/mol. The minimum atomic E-state index is 0.245. The molecule has 1 aliphatic heterocycles. The van der Waals surface area contributed by atoms with Gasteiger partial charge in [0.2, 0.25) is 5.91 Å². The van der Waals surface area contributed by atoms with Gasteiger partial charge in [-0.05, 0) is 43.7 Å². The van der Waals surface area contributed by atoms with Crippen molar-refractivity contribution in [2.24, 2.45) is 5.92 Å². The highest BCUT2D eigenvalue weighted by atomic mass is 32.2. The second-order valence-electron chi connectivity index (χ2n) is 7.25. The first-order valence-corrected chi connectivity index (χ1v) is 10.6. The van der Waals surface area contributed by atoms with Gasteiger partial charge in [0.15, 0.2) is 5.16 Å². The van der Waals surface area contributed by atoms with E-state index in [1.807, 2.05) is 31.3 Å². The number of hydrogen-bond donors (Lipinski definition) is 1. The smallest absolute Gasteiger partial charge is 0.233 e. The lowest BCUT2D eigenvalue weighted by atomic mass is 9.78. The van der Waals surface area contributed by atoms with Crippen molar-refractivity contribution >= 4 is 34.4 Å². The van der Waals surface area contributed by atoms with Crippen LogP contribution < -0.4 is 5.32 Å². The van der Waals surface area contributed by atoms with E-state index in [2.05, 4.69) is 20.2 Å². The van der Waals surface area contributed by atoms with E-state index in [-0.39, 0.29) is 5.91 Å². The molecule has 138 valence electrons. The molecule has 0 unspecified atom stereocenters. The Bertz CT molecular complexity index is 794. The van der Waals surface area contributed by atoms with Crippen LogP contribution in [0.2, 0.25) is 0 Å². The lowest BCUT2D eigenvalue weighted by molar-refractivity contribution is -0.134. The van der Waals surface area contributed by atoms with Gasteiger partial charge in [0.1, 0.15) is 5.82 Å². The molecule has 6 heteroatoms. The number of carbonyl (C=O) groups excluding carboxylic acids is 1. The third kappa shape index (κ3) is 3.52. The number of amides is 1. The first-order valence-electron chi connectivity index (χ1n) is 9.63. The second kappa shape index (κ2) is 7.82. The minimum absolute atomic E-state index is 0.245. The van der Waals surface area contributed by atoms with Crippen molar-refractivity contribution in [3.63, 3.8) is 0 Å². The van der Waals surface area contributed by atoms with Gasteiger partial charge < -0.3 is 10.2 Å². The van der Waals surface area contributed by atoms with E-state index in [1.54, 1.807) is 0 Å². The van der Waals surface area contributed by atoms with Crippen LogP contribution in [0.25, 0.3) is 10.9 Å². The summed E-state index contributed by atoms with van der Waals surface area (Å²) in [5.74, 6) is 2.20. The van der Waals surface area contributed by atoms with Gasteiger partial charge in [0, 0.05) is 25.0 Å². The summed E-state index contributed by atoms with van der Waals surface area (Å²) in [5.41, 5.74) is 0.909. The molecule has 1 aliphatic carbocycles. The van der Waals surface area contributed by atoms with Crippen LogP contribution >= 0.6 is 11.8 Å². The number of para-hydroxylation sites is 1. The van der Waals surface area contributed by atoms with Crippen molar-refractivity contribution in [3.05, 3.63) is 24.3 Å². The Morgan fingerprint density at radius 2 is 2.00 bits per heavy atom. The Morgan fingerprint density at radius 1 is 1.19 bits per heavy atom. The minimum Gasteiger partial charge on any atom is -0.372 e. The number of benzene rings is 1. The SMILES string of the molecule is CNc1nc(SCC(=O)N2CCC[C@H]3CCCC[C@H]32)nc2ccccc12. The molecule has 0 bridgehead atoms. The molecule has 26 heavy (non-hydrogen) atoms. The predicted octanol–water partition coefficient (Wildman–Crippen LogP) is 3.94. The summed E-state index contributed by atoms with van der Waals surface area (Å²) in [6.07, 6.45) is 7.50. The van der Waals surface area contributed by atoms with Crippen LogP contribution in [0.4, 0.5) is 5.82 Å². The topological polar surface area (TPSA) is 58.1 Å². The van der Waals surface area contributed by atoms with Crippen molar-refractivity contribution in [1.82, 2.24) is 14.9 Å². The van der Waals surface area contributed by atoms with Gasteiger partial charge in [-0.15, -0.1) is 0 Å². The number of carbonyl (C=O) groups is 1. The number of fused-ring (bicyclic) bond motifs is 2. The molecule has 0 radical (unpaired) electrons. The molecule has 5 nitrogen and oxygen atoms in total. The van der Waals surface area contributed by atoms with Crippen LogP contribution in [-0.4, -0.2) is 46.2 Å². The van der Waals surface area contributed by atoms with Crippen LogP contribution in [0.1, 0.15) is 38.5 Å². The highest BCUT2D eigenvalue weighted by Gasteiger charge is 2.35. The molecule has 2 aromatic rings. The number of anilines is 1. The van der Waals surface area contributed by atoms with Gasteiger partial charge in [-0.1, -0.05) is 36.7 Å². The highest BCUT2D eigenvalue weighted by Crippen LogP contribution is 2.35. The average Bonchev–Trinajstić information content (AvgIpc) is 2.70. The summed E-state index contributed by atoms with van der Waals surface area (Å²) in [7, 11) is 1.87. The Labute approximate surface area is 159 Å². The van der Waals surface area contributed by atoms with Gasteiger partial charge >= 0.3 is 0 Å². The molecule has 0 spiro atoms. The fourth-order valence-corrected chi connectivity index (χ4v) is 5.19. The van der Waals surface area contributed by atoms with Crippen LogP contribution in [0.5, 0.6) is 0 Å². The lowest BCUT2D eigenvalue weighted by Crippen LogP contribution is -2.50. The number of aromatic nitrogens is 2. The highest BCUT2D eigenvalue weighted by molar-refractivity contribution is 7.99. The van der Waals surface area contributed by atoms with Gasteiger partial charge in [0.05, 0.1) is 11.3 Å². The maximum absolute atomic E-state index is 12.9. The van der Waals surface area contributed by atoms with E-state index in [0.717, 1.165) is 35.6 Å². The predicted molar refractivity (Wildman–Crippen MR) is 107 cm³/mol. The van der Waals surface area contributed by atoms with E-state index < -0.39 is 0 Å². The number of rotatable bonds is 4. The summed E-state index contributed by atoms with van der Waals surface area (Å²) in [6.45, 7) is 0.918. The van der Waals surface area contributed by atoms with Crippen molar-refractivity contribution in [2.45, 2.75) is 49.7 Å². The molecule has 2 fully saturated rings. The Hall–Kier alpha value is -1.82. The van der Waals surface area contributed by atoms with Crippen molar-refractivity contribution in [2.75, 3.05) is 24.7 Å². The van der Waals surface area contributed by atoms with E-state index in [9.17, 15) is 4.79 Å². The van der Waals surface area contributed by atoms with Crippen LogP contribution in [0.15, 0.2) is 29.4 Å². The molecule has 2 atom stereocenters. The number of hydrogen-bond acceptors (Lipinski definition) is 5.